The summed E-state index contributed by atoms with van der Waals surface area (Å²) in [6.45, 7) is 14.0. The van der Waals surface area contributed by atoms with Crippen LogP contribution in [0.1, 0.15) is 59.5 Å². The minimum Gasteiger partial charge on any atom is -0.497 e. The number of nitrogens with one attached hydrogen (secondary N) is 1. The number of carbonyl (C=O) groups excluding carboxylic acids is 1. The molecule has 0 aromatic heterocycles. The van der Waals surface area contributed by atoms with Crippen molar-refractivity contribution in [3.63, 3.8) is 0 Å². The first-order chi connectivity index (χ1) is 16.7. The van der Waals surface area contributed by atoms with E-state index in [1.807, 2.05) is 19.2 Å². The van der Waals surface area contributed by atoms with Gasteiger partial charge in [-0.15, -0.1) is 0 Å². The molecule has 0 aliphatic carbocycles. The Morgan fingerprint density at radius 1 is 1.14 bits per heavy atom. The number of ether oxygens (including phenoxy) is 1. The second-order valence-electron chi connectivity index (χ2n) is 10.5. The maximum absolute atomic E-state index is 13.7. The number of piperazine rings is 1. The fourth-order valence-corrected chi connectivity index (χ4v) is 5.47. The molecule has 1 fully saturated rings. The van der Waals surface area contributed by atoms with Gasteiger partial charge in [0.25, 0.3) is 5.91 Å². The first kappa shape index (κ1) is 28.2. The van der Waals surface area contributed by atoms with Crippen LogP contribution in [0.25, 0.3) is 0 Å². The normalized spacial score (nSPS) is 17.9. The number of nitrogens with zero attached hydrogens (tertiary/aromatic N) is 1. The van der Waals surface area contributed by atoms with Crippen molar-refractivity contribution in [2.45, 2.75) is 64.5 Å². The smallest absolute Gasteiger partial charge is 0.416 e. The molecule has 36 heavy (non-hydrogen) atoms. The maximum Gasteiger partial charge on any atom is 0.416 e. The third-order valence-electron chi connectivity index (χ3n) is 6.37. The minimum absolute atomic E-state index is 0.00590. The van der Waals surface area contributed by atoms with E-state index < -0.39 is 32.8 Å². The highest BCUT2D eigenvalue weighted by Crippen LogP contribution is 2.35. The molecule has 1 radical (unpaired) electrons. The molecule has 1 amide bonds. The number of hydrogen-bond donors (Lipinski definition) is 1. The van der Waals surface area contributed by atoms with Crippen molar-refractivity contribution in [3.05, 3.63) is 64.2 Å². The molecule has 1 unspecified atom stereocenters. The molecule has 1 heterocycles. The molecule has 3 rings (SSSR count). The maximum atomic E-state index is 13.7. The Bertz CT molecular complexity index is 1080. The summed E-state index contributed by atoms with van der Waals surface area (Å²) in [4.78, 5) is 15.3. The Labute approximate surface area is 213 Å². The fourth-order valence-electron chi connectivity index (χ4n) is 4.67. The Kier molecular flexibility index (Phi) is 8.58. The topological polar surface area (TPSA) is 50.8 Å². The van der Waals surface area contributed by atoms with Crippen LogP contribution in [0.3, 0.4) is 0 Å². The van der Waals surface area contributed by atoms with Crippen LogP contribution in [0.2, 0.25) is 13.1 Å². The largest absolute Gasteiger partial charge is 0.497 e. The van der Waals surface area contributed by atoms with Crippen molar-refractivity contribution >= 4 is 14.9 Å². The van der Waals surface area contributed by atoms with Gasteiger partial charge in [0.1, 0.15) is 5.75 Å². The summed E-state index contributed by atoms with van der Waals surface area (Å²) < 4.78 is 52.1. The van der Waals surface area contributed by atoms with Crippen LogP contribution in [0.5, 0.6) is 5.75 Å². The average Bonchev–Trinajstić information content (AvgIpc) is 2.80. The van der Waals surface area contributed by atoms with Gasteiger partial charge < -0.3 is 19.4 Å². The monoisotopic (exact) mass is 521 g/mol. The lowest BCUT2D eigenvalue weighted by atomic mass is 9.82. The average molecular weight is 522 g/mol. The van der Waals surface area contributed by atoms with Crippen LogP contribution in [-0.4, -0.2) is 52.6 Å². The van der Waals surface area contributed by atoms with Crippen LogP contribution in [0.15, 0.2) is 36.4 Å². The summed E-state index contributed by atoms with van der Waals surface area (Å²) in [6, 6.07) is 9.04. The van der Waals surface area contributed by atoms with Gasteiger partial charge in [-0.2, -0.15) is 13.2 Å². The number of halogens is 3. The van der Waals surface area contributed by atoms with Crippen molar-refractivity contribution in [1.82, 2.24) is 10.2 Å². The van der Waals surface area contributed by atoms with Gasteiger partial charge in [-0.05, 0) is 60.3 Å². The van der Waals surface area contributed by atoms with Gasteiger partial charge in [-0.3, -0.25) is 4.79 Å². The summed E-state index contributed by atoms with van der Waals surface area (Å²) in [7, 11) is 0.119. The van der Waals surface area contributed by atoms with Gasteiger partial charge in [-0.1, -0.05) is 39.0 Å². The lowest BCUT2D eigenvalue weighted by Gasteiger charge is -2.42. The van der Waals surface area contributed by atoms with Crippen molar-refractivity contribution in [2.75, 3.05) is 26.7 Å². The highest BCUT2D eigenvalue weighted by atomic mass is 28.3. The third-order valence-corrected chi connectivity index (χ3v) is 7.10. The second-order valence-corrected chi connectivity index (χ2v) is 12.5. The van der Waals surface area contributed by atoms with E-state index >= 15 is 0 Å². The van der Waals surface area contributed by atoms with Crippen LogP contribution >= 0.6 is 0 Å². The Morgan fingerprint density at radius 2 is 1.83 bits per heavy atom. The molecule has 197 valence electrons. The lowest BCUT2D eigenvalue weighted by Crippen LogP contribution is -2.56. The van der Waals surface area contributed by atoms with Gasteiger partial charge in [0.2, 0.25) is 9.04 Å². The van der Waals surface area contributed by atoms with E-state index in [9.17, 15) is 18.0 Å². The van der Waals surface area contributed by atoms with E-state index in [-0.39, 0.29) is 22.8 Å². The molecule has 2 aromatic rings. The Hall–Kier alpha value is -2.36. The molecule has 0 spiro atoms. The zero-order valence-corrected chi connectivity index (χ0v) is 23.0. The lowest BCUT2D eigenvalue weighted by molar-refractivity contribution is -0.137. The predicted molar refractivity (Wildman–Crippen MR) is 137 cm³/mol. The minimum atomic E-state index is -4.59. The van der Waals surface area contributed by atoms with E-state index in [1.54, 1.807) is 4.90 Å². The van der Waals surface area contributed by atoms with Crippen molar-refractivity contribution in [3.8, 4) is 5.75 Å². The van der Waals surface area contributed by atoms with Crippen LogP contribution in [0.4, 0.5) is 13.2 Å². The molecule has 2 atom stereocenters. The van der Waals surface area contributed by atoms with E-state index in [1.165, 1.54) is 24.3 Å². The number of methoxy groups -OCH3 is 1. The zero-order chi connectivity index (χ0) is 26.8. The summed E-state index contributed by atoms with van der Waals surface area (Å²) in [5.74, 6) is -0.475. The highest BCUT2D eigenvalue weighted by Gasteiger charge is 2.38. The Balaban J connectivity index is 2.06. The van der Waals surface area contributed by atoms with Gasteiger partial charge in [0.15, 0.2) is 0 Å². The van der Waals surface area contributed by atoms with E-state index in [0.717, 1.165) is 17.7 Å². The SMILES string of the molecule is COc1cc(C(=O)N2CCNC[C@@H]2C(O[Si](C)C)c2ccc(C)c(C(C)(C)C)c2)cc(C(F)(F)F)c1. The summed E-state index contributed by atoms with van der Waals surface area (Å²) >= 11 is 0. The predicted octanol–water partition coefficient (Wildman–Crippen LogP) is 5.74. The highest BCUT2D eigenvalue weighted by molar-refractivity contribution is 6.48. The molecule has 5 nitrogen and oxygen atoms in total. The number of carbonyl (C=O) groups is 1. The molecule has 1 aliphatic rings. The van der Waals surface area contributed by atoms with Gasteiger partial charge in [-0.25, -0.2) is 0 Å². The summed E-state index contributed by atoms with van der Waals surface area (Å²) in [5, 5.41) is 3.34. The van der Waals surface area contributed by atoms with Crippen LogP contribution in [-0.2, 0) is 16.0 Å². The fraction of sp³-hybridized carbons (Fsp3) is 0.519. The van der Waals surface area contributed by atoms with Crippen molar-refractivity contribution < 1.29 is 27.1 Å². The summed E-state index contributed by atoms with van der Waals surface area (Å²) in [5.41, 5.74) is 2.29. The molecule has 0 saturated carbocycles. The molecule has 1 saturated heterocycles. The van der Waals surface area contributed by atoms with E-state index in [4.69, 9.17) is 9.16 Å². The van der Waals surface area contributed by atoms with E-state index in [2.05, 4.69) is 45.1 Å². The van der Waals surface area contributed by atoms with Gasteiger partial charge in [0.05, 0.1) is 24.8 Å². The number of hydrogen-bond acceptors (Lipinski definition) is 4. The van der Waals surface area contributed by atoms with Gasteiger partial charge in [0, 0.05) is 25.2 Å². The molecule has 1 N–H and O–H groups in total. The molecule has 2 aromatic carbocycles. The number of amides is 1. The van der Waals surface area contributed by atoms with Crippen LogP contribution in [0, 0.1) is 6.92 Å². The van der Waals surface area contributed by atoms with Crippen molar-refractivity contribution in [2.24, 2.45) is 0 Å². The molecule has 0 bridgehead atoms. The van der Waals surface area contributed by atoms with Crippen molar-refractivity contribution in [1.29, 1.82) is 0 Å². The molecule has 1 aliphatic heterocycles. The summed E-state index contributed by atoms with van der Waals surface area (Å²) in [6.07, 6.45) is -5.01. The first-order valence-corrected chi connectivity index (χ1v) is 14.5. The number of alkyl halides is 3. The molecular weight excluding hydrogens is 485 g/mol. The second kappa shape index (κ2) is 10.9. The molecule has 9 heteroatoms. The zero-order valence-electron chi connectivity index (χ0n) is 22.0. The number of aryl methyl sites for hydroxylation is 1. The Morgan fingerprint density at radius 3 is 2.42 bits per heavy atom. The molecular formula is C27H36F3N2O3Si. The van der Waals surface area contributed by atoms with E-state index in [0.29, 0.717) is 19.6 Å². The quantitative estimate of drug-likeness (QED) is 0.493. The standard InChI is InChI=1S/C27H36F3N2O3Si/c1-17-8-9-18(14-22(17)26(2,3)4)24(35-36(6)7)23-16-31-10-11-32(23)25(33)19-12-20(27(28,29)30)15-21(13-19)34-5/h8-9,12-15,23-24,31H,10-11,16H2,1-7H3/t23-,24?/m1/s1. The third kappa shape index (κ3) is 6.49. The number of benzene rings is 2. The van der Waals surface area contributed by atoms with Crippen LogP contribution < -0.4 is 10.1 Å². The first-order valence-electron chi connectivity index (χ1n) is 12.1. The number of rotatable bonds is 6. The van der Waals surface area contributed by atoms with Gasteiger partial charge >= 0.3 is 6.18 Å².